The van der Waals surface area contributed by atoms with Crippen molar-refractivity contribution >= 4 is 17.2 Å². The molecule has 6 heteroatoms. The molecular formula is C15H18N4OS. The van der Waals surface area contributed by atoms with E-state index in [4.69, 9.17) is 5.26 Å². The number of amides is 1. The highest BCUT2D eigenvalue weighted by atomic mass is 32.1. The van der Waals surface area contributed by atoms with Crippen LogP contribution in [0.5, 0.6) is 0 Å². The van der Waals surface area contributed by atoms with Crippen molar-refractivity contribution in [2.24, 2.45) is 12.5 Å². The van der Waals surface area contributed by atoms with Gasteiger partial charge < -0.3 is 5.32 Å². The third kappa shape index (κ3) is 3.31. The summed E-state index contributed by atoms with van der Waals surface area (Å²) in [5.41, 5.74) is 1.20. The standard InChI is InChI=1S/C15H18N4OS/c1-15(2,3)13(11-8-17-19(4)9-11)18-14(20)12-10(7-16)5-6-21-12/h5-6,8-9,13H,1-4H3,(H,18,20)/t13-/m0/s1. The number of aromatic nitrogens is 2. The van der Waals surface area contributed by atoms with Gasteiger partial charge in [-0.3, -0.25) is 9.48 Å². The fourth-order valence-corrected chi connectivity index (χ4v) is 2.91. The van der Waals surface area contributed by atoms with Gasteiger partial charge in [0.25, 0.3) is 5.91 Å². The van der Waals surface area contributed by atoms with E-state index in [1.807, 2.05) is 19.3 Å². The molecule has 0 aromatic carbocycles. The van der Waals surface area contributed by atoms with Crippen LogP contribution >= 0.6 is 11.3 Å². The smallest absolute Gasteiger partial charge is 0.263 e. The molecule has 0 aliphatic carbocycles. The van der Waals surface area contributed by atoms with Crippen molar-refractivity contribution in [1.29, 1.82) is 5.26 Å². The highest BCUT2D eigenvalue weighted by Crippen LogP contribution is 2.33. The molecule has 0 fully saturated rings. The molecule has 2 rings (SSSR count). The lowest BCUT2D eigenvalue weighted by molar-refractivity contribution is 0.0905. The van der Waals surface area contributed by atoms with E-state index in [1.54, 1.807) is 22.3 Å². The number of thiophene rings is 1. The fourth-order valence-electron chi connectivity index (χ4n) is 2.16. The molecule has 21 heavy (non-hydrogen) atoms. The summed E-state index contributed by atoms with van der Waals surface area (Å²) in [6.45, 7) is 6.18. The molecule has 0 aliphatic rings. The molecule has 2 aromatic rings. The Morgan fingerprint density at radius 1 is 1.52 bits per heavy atom. The molecular weight excluding hydrogens is 284 g/mol. The first-order valence-electron chi connectivity index (χ1n) is 6.60. The van der Waals surface area contributed by atoms with Gasteiger partial charge in [-0.1, -0.05) is 20.8 Å². The summed E-state index contributed by atoms with van der Waals surface area (Å²) in [4.78, 5) is 12.9. The molecule has 2 heterocycles. The highest BCUT2D eigenvalue weighted by Gasteiger charge is 2.30. The van der Waals surface area contributed by atoms with Crippen LogP contribution in [0.15, 0.2) is 23.8 Å². The predicted octanol–water partition coefficient (Wildman–Crippen LogP) is 2.87. The van der Waals surface area contributed by atoms with Crippen LogP contribution in [-0.2, 0) is 7.05 Å². The summed E-state index contributed by atoms with van der Waals surface area (Å²) in [7, 11) is 1.85. The number of nitrogens with zero attached hydrogens (tertiary/aromatic N) is 3. The fraction of sp³-hybridized carbons (Fsp3) is 0.400. The van der Waals surface area contributed by atoms with Gasteiger partial charge >= 0.3 is 0 Å². The maximum atomic E-state index is 12.4. The lowest BCUT2D eigenvalue weighted by Crippen LogP contribution is -2.36. The van der Waals surface area contributed by atoms with Crippen molar-refractivity contribution in [3.05, 3.63) is 39.8 Å². The van der Waals surface area contributed by atoms with E-state index >= 15 is 0 Å². The van der Waals surface area contributed by atoms with Gasteiger partial charge in [0.15, 0.2) is 0 Å². The van der Waals surface area contributed by atoms with E-state index in [-0.39, 0.29) is 17.4 Å². The molecule has 2 aromatic heterocycles. The Balaban J connectivity index is 2.28. The van der Waals surface area contributed by atoms with Crippen molar-refractivity contribution in [3.8, 4) is 6.07 Å². The summed E-state index contributed by atoms with van der Waals surface area (Å²) in [5.74, 6) is -0.217. The van der Waals surface area contributed by atoms with E-state index < -0.39 is 0 Å². The average Bonchev–Trinajstić information content (AvgIpc) is 3.02. The minimum atomic E-state index is -0.217. The number of nitrogens with one attached hydrogen (secondary N) is 1. The zero-order valence-electron chi connectivity index (χ0n) is 12.5. The number of carbonyl (C=O) groups excluding carboxylic acids is 1. The van der Waals surface area contributed by atoms with Crippen LogP contribution in [0.2, 0.25) is 0 Å². The first kappa shape index (κ1) is 15.3. The van der Waals surface area contributed by atoms with E-state index in [9.17, 15) is 4.79 Å². The lowest BCUT2D eigenvalue weighted by Gasteiger charge is -2.30. The van der Waals surface area contributed by atoms with Crippen LogP contribution in [0.4, 0.5) is 0 Å². The van der Waals surface area contributed by atoms with Gasteiger partial charge in [-0.05, 0) is 16.9 Å². The molecule has 0 aliphatic heterocycles. The van der Waals surface area contributed by atoms with Crippen LogP contribution in [-0.4, -0.2) is 15.7 Å². The Morgan fingerprint density at radius 3 is 2.76 bits per heavy atom. The third-order valence-corrected chi connectivity index (χ3v) is 4.10. The summed E-state index contributed by atoms with van der Waals surface area (Å²) < 4.78 is 1.71. The Bertz CT molecular complexity index is 687. The number of rotatable bonds is 3. The lowest BCUT2D eigenvalue weighted by atomic mass is 9.83. The Kier molecular flexibility index (Phi) is 4.14. The Morgan fingerprint density at radius 2 is 2.24 bits per heavy atom. The molecule has 0 saturated heterocycles. The number of aryl methyl sites for hydroxylation is 1. The number of nitriles is 1. The van der Waals surface area contributed by atoms with Gasteiger partial charge in [-0.15, -0.1) is 11.3 Å². The summed E-state index contributed by atoms with van der Waals surface area (Å²) in [5, 5.41) is 18.0. The molecule has 0 radical (unpaired) electrons. The zero-order chi connectivity index (χ0) is 15.6. The molecule has 0 spiro atoms. The second-order valence-corrected chi connectivity index (χ2v) is 6.91. The highest BCUT2D eigenvalue weighted by molar-refractivity contribution is 7.12. The van der Waals surface area contributed by atoms with E-state index in [0.29, 0.717) is 10.4 Å². The van der Waals surface area contributed by atoms with Gasteiger partial charge in [0.05, 0.1) is 17.8 Å². The largest absolute Gasteiger partial charge is 0.344 e. The number of hydrogen-bond acceptors (Lipinski definition) is 4. The van der Waals surface area contributed by atoms with Gasteiger partial charge in [0.2, 0.25) is 0 Å². The van der Waals surface area contributed by atoms with Crippen LogP contribution in [0.1, 0.15) is 47.6 Å². The molecule has 0 saturated carbocycles. The summed E-state index contributed by atoms with van der Waals surface area (Å²) in [6.07, 6.45) is 3.66. The topological polar surface area (TPSA) is 70.7 Å². The van der Waals surface area contributed by atoms with Crippen molar-refractivity contribution in [2.45, 2.75) is 26.8 Å². The summed E-state index contributed by atoms with van der Waals surface area (Å²) >= 11 is 1.28. The van der Waals surface area contributed by atoms with Crippen molar-refractivity contribution < 1.29 is 4.79 Å². The Hall–Kier alpha value is -2.13. The average molecular weight is 302 g/mol. The van der Waals surface area contributed by atoms with Crippen LogP contribution in [0.25, 0.3) is 0 Å². The van der Waals surface area contributed by atoms with E-state index in [0.717, 1.165) is 5.56 Å². The second-order valence-electron chi connectivity index (χ2n) is 6.00. The quantitative estimate of drug-likeness (QED) is 0.947. The number of carbonyl (C=O) groups is 1. The van der Waals surface area contributed by atoms with E-state index in [2.05, 4.69) is 31.2 Å². The first-order chi connectivity index (χ1) is 9.82. The maximum Gasteiger partial charge on any atom is 0.263 e. The second kappa shape index (κ2) is 5.70. The molecule has 0 unspecified atom stereocenters. The minimum absolute atomic E-state index is 0.164. The predicted molar refractivity (Wildman–Crippen MR) is 81.9 cm³/mol. The summed E-state index contributed by atoms with van der Waals surface area (Å²) in [6, 6.07) is 3.53. The zero-order valence-corrected chi connectivity index (χ0v) is 13.4. The monoisotopic (exact) mass is 302 g/mol. The number of hydrogen-bond donors (Lipinski definition) is 1. The molecule has 5 nitrogen and oxygen atoms in total. The molecule has 0 bridgehead atoms. The third-order valence-electron chi connectivity index (χ3n) is 3.19. The van der Waals surface area contributed by atoms with Crippen LogP contribution < -0.4 is 5.32 Å². The Labute approximate surface area is 128 Å². The van der Waals surface area contributed by atoms with Crippen molar-refractivity contribution in [2.75, 3.05) is 0 Å². The van der Waals surface area contributed by atoms with Gasteiger partial charge in [0.1, 0.15) is 10.9 Å². The van der Waals surface area contributed by atoms with Gasteiger partial charge in [0, 0.05) is 18.8 Å². The molecule has 1 amide bonds. The van der Waals surface area contributed by atoms with Crippen molar-refractivity contribution in [1.82, 2.24) is 15.1 Å². The van der Waals surface area contributed by atoms with Crippen LogP contribution in [0.3, 0.4) is 0 Å². The van der Waals surface area contributed by atoms with Crippen molar-refractivity contribution in [3.63, 3.8) is 0 Å². The normalized spacial score (nSPS) is 12.7. The molecule has 1 N–H and O–H groups in total. The first-order valence-corrected chi connectivity index (χ1v) is 7.48. The van der Waals surface area contributed by atoms with Crippen LogP contribution in [0, 0.1) is 16.7 Å². The van der Waals surface area contributed by atoms with Gasteiger partial charge in [-0.2, -0.15) is 10.4 Å². The van der Waals surface area contributed by atoms with E-state index in [1.165, 1.54) is 11.3 Å². The molecule has 110 valence electrons. The SMILES string of the molecule is Cn1cc([C@H](NC(=O)c2sccc2C#N)C(C)(C)C)cn1. The minimum Gasteiger partial charge on any atom is -0.344 e. The van der Waals surface area contributed by atoms with Gasteiger partial charge in [-0.25, -0.2) is 0 Å². The maximum absolute atomic E-state index is 12.4. The molecule has 1 atom stereocenters.